The number of nitrogens with one attached hydrogen (secondary N) is 1. The molecule has 0 fully saturated rings. The van der Waals surface area contributed by atoms with Crippen LogP contribution in [0.4, 0.5) is 0 Å². The van der Waals surface area contributed by atoms with Crippen molar-refractivity contribution in [3.05, 3.63) is 28.8 Å². The fourth-order valence-electron chi connectivity index (χ4n) is 1.55. The molecule has 94 valence electrons. The summed E-state index contributed by atoms with van der Waals surface area (Å²) in [5.41, 5.74) is 3.39. The average Bonchev–Trinajstić information content (AvgIpc) is 2.32. The molecule has 0 bridgehead atoms. The topological polar surface area (TPSA) is 58.6 Å². The molecule has 0 aromatic heterocycles. The number of hydrogen-bond acceptors (Lipinski definition) is 3. The summed E-state index contributed by atoms with van der Waals surface area (Å²) in [5, 5.41) is 11.1. The Hall–Kier alpha value is -1.55. The van der Waals surface area contributed by atoms with Crippen LogP contribution in [0, 0.1) is 20.8 Å². The lowest BCUT2D eigenvalue weighted by molar-refractivity contribution is -0.123. The van der Waals surface area contributed by atoms with Crippen molar-refractivity contribution in [2.24, 2.45) is 0 Å². The summed E-state index contributed by atoms with van der Waals surface area (Å²) in [5.74, 6) is 0.495. The maximum atomic E-state index is 10.8. The first kappa shape index (κ1) is 13.5. The third-order valence-corrected chi connectivity index (χ3v) is 2.69. The molecule has 0 heterocycles. The van der Waals surface area contributed by atoms with Crippen molar-refractivity contribution in [1.82, 2.24) is 5.32 Å². The zero-order chi connectivity index (χ0) is 12.8. The number of carbonyl (C=O) groups excluding carboxylic acids is 1. The van der Waals surface area contributed by atoms with E-state index in [1.807, 2.05) is 26.8 Å². The van der Waals surface area contributed by atoms with E-state index in [-0.39, 0.29) is 5.91 Å². The fraction of sp³-hybridized carbons (Fsp3) is 0.462. The van der Waals surface area contributed by atoms with E-state index < -0.39 is 6.61 Å². The van der Waals surface area contributed by atoms with Crippen molar-refractivity contribution < 1.29 is 14.6 Å². The van der Waals surface area contributed by atoms with Crippen molar-refractivity contribution in [1.29, 1.82) is 0 Å². The molecule has 0 saturated carbocycles. The van der Waals surface area contributed by atoms with Crippen LogP contribution < -0.4 is 10.1 Å². The van der Waals surface area contributed by atoms with Crippen molar-refractivity contribution in [3.8, 4) is 5.75 Å². The minimum absolute atomic E-state index is 0.383. The van der Waals surface area contributed by atoms with Crippen molar-refractivity contribution in [3.63, 3.8) is 0 Å². The third kappa shape index (κ3) is 3.75. The van der Waals surface area contributed by atoms with Crippen LogP contribution in [0.5, 0.6) is 5.75 Å². The van der Waals surface area contributed by atoms with Crippen LogP contribution >= 0.6 is 0 Å². The number of aliphatic hydroxyl groups excluding tert-OH is 1. The Balaban J connectivity index is 2.52. The van der Waals surface area contributed by atoms with Crippen molar-refractivity contribution >= 4 is 5.91 Å². The second-order valence-corrected chi connectivity index (χ2v) is 4.01. The molecule has 4 nitrogen and oxygen atoms in total. The molecule has 0 aliphatic heterocycles. The van der Waals surface area contributed by atoms with Gasteiger partial charge in [0.25, 0.3) is 0 Å². The van der Waals surface area contributed by atoms with Crippen LogP contribution in [-0.4, -0.2) is 30.8 Å². The number of amides is 1. The fourth-order valence-corrected chi connectivity index (χ4v) is 1.55. The standard InChI is InChI=1S/C13H19NO3/c1-9-4-5-10(2)13(11(9)3)17-7-6-14-12(16)8-15/h4-5,15H,6-8H2,1-3H3,(H,14,16). The average molecular weight is 237 g/mol. The number of hydrogen-bond donors (Lipinski definition) is 2. The number of aryl methyl sites for hydroxylation is 2. The second kappa shape index (κ2) is 6.25. The van der Waals surface area contributed by atoms with Gasteiger partial charge in [-0.2, -0.15) is 0 Å². The lowest BCUT2D eigenvalue weighted by Gasteiger charge is -2.14. The van der Waals surface area contributed by atoms with E-state index in [0.717, 1.165) is 16.9 Å². The lowest BCUT2D eigenvalue weighted by atomic mass is 10.1. The number of rotatable bonds is 5. The van der Waals surface area contributed by atoms with Crippen LogP contribution in [0.1, 0.15) is 16.7 Å². The van der Waals surface area contributed by atoms with Gasteiger partial charge in [0, 0.05) is 0 Å². The van der Waals surface area contributed by atoms with Gasteiger partial charge in [0.15, 0.2) is 0 Å². The third-order valence-electron chi connectivity index (χ3n) is 2.69. The van der Waals surface area contributed by atoms with Crippen LogP contribution in [0.25, 0.3) is 0 Å². The monoisotopic (exact) mass is 237 g/mol. The highest BCUT2D eigenvalue weighted by molar-refractivity contribution is 5.76. The van der Waals surface area contributed by atoms with Gasteiger partial charge in [-0.1, -0.05) is 12.1 Å². The minimum atomic E-state index is -0.484. The van der Waals surface area contributed by atoms with Crippen LogP contribution in [-0.2, 0) is 4.79 Å². The maximum Gasteiger partial charge on any atom is 0.245 e. The van der Waals surface area contributed by atoms with Crippen molar-refractivity contribution in [2.45, 2.75) is 20.8 Å². The number of benzene rings is 1. The summed E-state index contributed by atoms with van der Waals surface area (Å²) < 4.78 is 5.65. The SMILES string of the molecule is Cc1ccc(C)c(OCCNC(=O)CO)c1C. The van der Waals surface area contributed by atoms with Gasteiger partial charge in [0.1, 0.15) is 19.0 Å². The van der Waals surface area contributed by atoms with E-state index in [0.29, 0.717) is 13.2 Å². The zero-order valence-electron chi connectivity index (χ0n) is 10.5. The van der Waals surface area contributed by atoms with Gasteiger partial charge in [0.2, 0.25) is 5.91 Å². The Bertz CT molecular complexity index is 402. The molecule has 0 aliphatic rings. The summed E-state index contributed by atoms with van der Waals surface area (Å²) >= 11 is 0. The Morgan fingerprint density at radius 1 is 1.29 bits per heavy atom. The molecule has 0 atom stereocenters. The van der Waals surface area contributed by atoms with Gasteiger partial charge in [0.05, 0.1) is 6.54 Å². The summed E-state index contributed by atoms with van der Waals surface area (Å²) in [7, 11) is 0. The van der Waals surface area contributed by atoms with E-state index in [1.165, 1.54) is 5.56 Å². The molecular formula is C13H19NO3. The quantitative estimate of drug-likeness (QED) is 0.754. The van der Waals surface area contributed by atoms with E-state index in [1.54, 1.807) is 0 Å². The van der Waals surface area contributed by atoms with Gasteiger partial charge in [-0.15, -0.1) is 0 Å². The minimum Gasteiger partial charge on any atom is -0.491 e. The van der Waals surface area contributed by atoms with Gasteiger partial charge in [-0.05, 0) is 37.5 Å². The van der Waals surface area contributed by atoms with Gasteiger partial charge in [-0.3, -0.25) is 4.79 Å². The Kier molecular flexibility index (Phi) is 4.97. The van der Waals surface area contributed by atoms with Gasteiger partial charge < -0.3 is 15.2 Å². The lowest BCUT2D eigenvalue weighted by Crippen LogP contribution is -2.30. The highest BCUT2D eigenvalue weighted by Gasteiger charge is 2.06. The molecule has 0 saturated heterocycles. The summed E-state index contributed by atoms with van der Waals surface area (Å²) in [6, 6.07) is 4.08. The molecule has 1 amide bonds. The van der Waals surface area contributed by atoms with Gasteiger partial charge >= 0.3 is 0 Å². The molecule has 1 rings (SSSR count). The normalized spacial score (nSPS) is 10.1. The number of carbonyl (C=O) groups is 1. The first-order valence-electron chi connectivity index (χ1n) is 5.63. The predicted octanol–water partition coefficient (Wildman–Crippen LogP) is 1.10. The molecule has 1 aromatic carbocycles. The maximum absolute atomic E-state index is 10.8. The molecule has 4 heteroatoms. The van der Waals surface area contributed by atoms with Crippen LogP contribution in [0.15, 0.2) is 12.1 Å². The first-order chi connectivity index (χ1) is 8.06. The van der Waals surface area contributed by atoms with E-state index in [4.69, 9.17) is 9.84 Å². The second-order valence-electron chi connectivity index (χ2n) is 4.01. The Labute approximate surface area is 102 Å². The highest BCUT2D eigenvalue weighted by atomic mass is 16.5. The van der Waals surface area contributed by atoms with E-state index in [2.05, 4.69) is 11.4 Å². The largest absolute Gasteiger partial charge is 0.491 e. The molecule has 0 aliphatic carbocycles. The van der Waals surface area contributed by atoms with E-state index in [9.17, 15) is 4.79 Å². The van der Waals surface area contributed by atoms with Crippen LogP contribution in [0.3, 0.4) is 0 Å². The first-order valence-corrected chi connectivity index (χ1v) is 5.63. The zero-order valence-corrected chi connectivity index (χ0v) is 10.5. The number of ether oxygens (including phenoxy) is 1. The molecule has 0 unspecified atom stereocenters. The molecule has 0 spiro atoms. The smallest absolute Gasteiger partial charge is 0.245 e. The number of aliphatic hydroxyl groups is 1. The van der Waals surface area contributed by atoms with E-state index >= 15 is 0 Å². The Morgan fingerprint density at radius 3 is 2.59 bits per heavy atom. The molecular weight excluding hydrogens is 218 g/mol. The molecule has 1 aromatic rings. The summed E-state index contributed by atoms with van der Waals surface area (Å²) in [6.07, 6.45) is 0. The van der Waals surface area contributed by atoms with Crippen LogP contribution in [0.2, 0.25) is 0 Å². The van der Waals surface area contributed by atoms with Crippen molar-refractivity contribution in [2.75, 3.05) is 19.8 Å². The molecule has 2 N–H and O–H groups in total. The molecule has 17 heavy (non-hydrogen) atoms. The summed E-state index contributed by atoms with van der Waals surface area (Å²) in [4.78, 5) is 10.8. The van der Waals surface area contributed by atoms with Gasteiger partial charge in [-0.25, -0.2) is 0 Å². The highest BCUT2D eigenvalue weighted by Crippen LogP contribution is 2.25. The Morgan fingerprint density at radius 2 is 1.94 bits per heavy atom. The summed E-state index contributed by atoms with van der Waals surface area (Å²) in [6.45, 7) is 6.36. The molecule has 0 radical (unpaired) electrons. The predicted molar refractivity (Wildman–Crippen MR) is 66.2 cm³/mol.